The lowest BCUT2D eigenvalue weighted by Gasteiger charge is -2.32. The third kappa shape index (κ3) is 4.43. The number of amidine groups is 1. The first-order valence-electron chi connectivity index (χ1n) is 4.71. The topological polar surface area (TPSA) is 90.9 Å². The van der Waals surface area contributed by atoms with Crippen LogP contribution in [0.1, 0.15) is 34.1 Å². The van der Waals surface area contributed by atoms with E-state index in [0.717, 1.165) is 0 Å². The van der Waals surface area contributed by atoms with Crippen LogP contribution in [0.2, 0.25) is 0 Å². The molecule has 2 atom stereocenters. The van der Waals surface area contributed by atoms with Crippen molar-refractivity contribution in [3.8, 4) is 0 Å². The van der Waals surface area contributed by atoms with Gasteiger partial charge in [-0.1, -0.05) is 5.16 Å². The van der Waals surface area contributed by atoms with Crippen LogP contribution in [0.4, 0.5) is 0 Å². The molecule has 14 heavy (non-hydrogen) atoms. The number of oxime groups is 1. The van der Waals surface area contributed by atoms with Crippen molar-refractivity contribution >= 4 is 5.84 Å². The van der Waals surface area contributed by atoms with Crippen LogP contribution in [0.3, 0.4) is 0 Å². The van der Waals surface area contributed by atoms with Gasteiger partial charge in [-0.15, -0.1) is 0 Å². The predicted molar refractivity (Wildman–Crippen MR) is 56.4 cm³/mol. The first-order valence-corrected chi connectivity index (χ1v) is 4.71. The standard InChI is InChI=1S/C9H21N3O2/c1-6(5-8(10)12-14)11-9(3,4)7(2)13/h6-7,11,13-14H,5H2,1-4H3,(H2,10,12). The molecule has 5 N–H and O–H groups in total. The molecule has 84 valence electrons. The van der Waals surface area contributed by atoms with Crippen molar-refractivity contribution in [2.45, 2.75) is 51.8 Å². The van der Waals surface area contributed by atoms with Crippen LogP contribution in [0.5, 0.6) is 0 Å². The molecular weight excluding hydrogens is 182 g/mol. The number of nitrogens with two attached hydrogens (primary N) is 1. The van der Waals surface area contributed by atoms with Gasteiger partial charge in [0.05, 0.1) is 6.10 Å². The van der Waals surface area contributed by atoms with Gasteiger partial charge in [-0.3, -0.25) is 0 Å². The van der Waals surface area contributed by atoms with E-state index in [0.29, 0.717) is 6.42 Å². The molecule has 2 unspecified atom stereocenters. The van der Waals surface area contributed by atoms with E-state index in [9.17, 15) is 5.11 Å². The zero-order valence-corrected chi connectivity index (χ0v) is 9.28. The van der Waals surface area contributed by atoms with Crippen molar-refractivity contribution in [2.24, 2.45) is 10.9 Å². The number of nitrogens with one attached hydrogen (secondary N) is 1. The Morgan fingerprint density at radius 3 is 2.36 bits per heavy atom. The van der Waals surface area contributed by atoms with Crippen LogP contribution in [0, 0.1) is 0 Å². The van der Waals surface area contributed by atoms with Crippen molar-refractivity contribution in [1.29, 1.82) is 0 Å². The third-order valence-corrected chi connectivity index (χ3v) is 2.31. The minimum absolute atomic E-state index is 0.0514. The van der Waals surface area contributed by atoms with Crippen LogP contribution in [0.25, 0.3) is 0 Å². The molecule has 0 aliphatic carbocycles. The summed E-state index contributed by atoms with van der Waals surface area (Å²) in [5.41, 5.74) is 4.99. The molecule has 0 heterocycles. The second-order valence-electron chi connectivity index (χ2n) is 4.24. The summed E-state index contributed by atoms with van der Waals surface area (Å²) >= 11 is 0. The number of aliphatic hydroxyl groups excluding tert-OH is 1. The Morgan fingerprint density at radius 1 is 1.50 bits per heavy atom. The summed E-state index contributed by atoms with van der Waals surface area (Å²) in [6.45, 7) is 7.45. The maximum Gasteiger partial charge on any atom is 0.140 e. The molecule has 0 spiro atoms. The summed E-state index contributed by atoms with van der Waals surface area (Å²) in [7, 11) is 0. The molecule has 5 nitrogen and oxygen atoms in total. The van der Waals surface area contributed by atoms with E-state index < -0.39 is 6.10 Å². The first-order chi connectivity index (χ1) is 6.29. The average Bonchev–Trinajstić information content (AvgIpc) is 2.02. The molecule has 5 heteroatoms. The van der Waals surface area contributed by atoms with Gasteiger partial charge >= 0.3 is 0 Å². The molecule has 0 saturated carbocycles. The number of aliphatic hydroxyl groups is 1. The predicted octanol–water partition coefficient (Wildman–Crippen LogP) is 0.260. The number of rotatable bonds is 5. The van der Waals surface area contributed by atoms with Crippen LogP contribution in [0.15, 0.2) is 5.16 Å². The second-order valence-corrected chi connectivity index (χ2v) is 4.24. The highest BCUT2D eigenvalue weighted by atomic mass is 16.4. The van der Waals surface area contributed by atoms with Crippen molar-refractivity contribution in [3.63, 3.8) is 0 Å². The largest absolute Gasteiger partial charge is 0.409 e. The molecule has 0 rings (SSSR count). The SMILES string of the molecule is CC(CC(N)=NO)NC(C)(C)C(C)O. The van der Waals surface area contributed by atoms with Gasteiger partial charge in [-0.2, -0.15) is 0 Å². The van der Waals surface area contributed by atoms with E-state index in [1.54, 1.807) is 6.92 Å². The first kappa shape index (κ1) is 13.2. The minimum atomic E-state index is -0.461. The van der Waals surface area contributed by atoms with Crippen LogP contribution < -0.4 is 11.1 Å². The molecular formula is C9H21N3O2. The summed E-state index contributed by atoms with van der Waals surface area (Å²) in [6.07, 6.45) is -0.00985. The number of nitrogens with zero attached hydrogens (tertiary/aromatic N) is 1. The summed E-state index contributed by atoms with van der Waals surface area (Å²) in [4.78, 5) is 0. The van der Waals surface area contributed by atoms with Crippen molar-refractivity contribution in [2.75, 3.05) is 0 Å². The van der Waals surface area contributed by atoms with E-state index in [4.69, 9.17) is 10.9 Å². The van der Waals surface area contributed by atoms with Crippen LogP contribution in [-0.4, -0.2) is 33.8 Å². The van der Waals surface area contributed by atoms with Gasteiger partial charge < -0.3 is 21.4 Å². The maximum atomic E-state index is 9.45. The zero-order valence-electron chi connectivity index (χ0n) is 9.28. The summed E-state index contributed by atoms with van der Waals surface area (Å²) in [5, 5.41) is 23.9. The molecule has 0 aliphatic heterocycles. The van der Waals surface area contributed by atoms with Gasteiger partial charge in [0.1, 0.15) is 5.84 Å². The quantitative estimate of drug-likeness (QED) is 0.223. The van der Waals surface area contributed by atoms with E-state index >= 15 is 0 Å². The normalized spacial score (nSPS) is 17.9. The fraction of sp³-hybridized carbons (Fsp3) is 0.889. The second kappa shape index (κ2) is 5.17. The lowest BCUT2D eigenvalue weighted by atomic mass is 9.97. The average molecular weight is 203 g/mol. The van der Waals surface area contributed by atoms with Gasteiger partial charge in [-0.05, 0) is 27.7 Å². The Kier molecular flexibility index (Phi) is 4.87. The highest BCUT2D eigenvalue weighted by Crippen LogP contribution is 2.10. The van der Waals surface area contributed by atoms with Crippen molar-refractivity contribution < 1.29 is 10.3 Å². The van der Waals surface area contributed by atoms with E-state index in [2.05, 4.69) is 10.5 Å². The lowest BCUT2D eigenvalue weighted by Crippen LogP contribution is -2.52. The zero-order chi connectivity index (χ0) is 11.4. The molecule has 0 amide bonds. The van der Waals surface area contributed by atoms with Gasteiger partial charge in [0, 0.05) is 18.0 Å². The number of hydrogen-bond acceptors (Lipinski definition) is 4. The van der Waals surface area contributed by atoms with Crippen molar-refractivity contribution in [1.82, 2.24) is 5.32 Å². The van der Waals surface area contributed by atoms with E-state index in [1.807, 2.05) is 20.8 Å². The monoisotopic (exact) mass is 203 g/mol. The molecule has 0 fully saturated rings. The van der Waals surface area contributed by atoms with Gasteiger partial charge in [0.2, 0.25) is 0 Å². The van der Waals surface area contributed by atoms with Crippen LogP contribution >= 0.6 is 0 Å². The molecule has 0 aromatic rings. The molecule has 0 saturated heterocycles. The molecule has 0 aromatic carbocycles. The molecule has 0 aromatic heterocycles. The minimum Gasteiger partial charge on any atom is -0.409 e. The summed E-state index contributed by atoms with van der Waals surface area (Å²) in [5.74, 6) is 0.186. The fourth-order valence-corrected chi connectivity index (χ4v) is 1.16. The van der Waals surface area contributed by atoms with E-state index in [1.165, 1.54) is 0 Å². The number of hydrogen-bond donors (Lipinski definition) is 4. The fourth-order valence-electron chi connectivity index (χ4n) is 1.16. The maximum absolute atomic E-state index is 9.45. The van der Waals surface area contributed by atoms with Gasteiger partial charge in [0.15, 0.2) is 0 Å². The van der Waals surface area contributed by atoms with Crippen LogP contribution in [-0.2, 0) is 0 Å². The molecule has 0 radical (unpaired) electrons. The molecule has 0 bridgehead atoms. The Balaban J connectivity index is 4.12. The lowest BCUT2D eigenvalue weighted by molar-refractivity contribution is 0.0900. The van der Waals surface area contributed by atoms with Gasteiger partial charge in [0.25, 0.3) is 0 Å². The highest BCUT2D eigenvalue weighted by molar-refractivity contribution is 5.80. The molecule has 0 aliphatic rings. The Bertz CT molecular complexity index is 202. The Labute approximate surface area is 85.0 Å². The third-order valence-electron chi connectivity index (χ3n) is 2.31. The van der Waals surface area contributed by atoms with Crippen molar-refractivity contribution in [3.05, 3.63) is 0 Å². The Hall–Kier alpha value is -0.810. The van der Waals surface area contributed by atoms with E-state index in [-0.39, 0.29) is 17.4 Å². The smallest absolute Gasteiger partial charge is 0.140 e. The summed E-state index contributed by atoms with van der Waals surface area (Å²) < 4.78 is 0. The van der Waals surface area contributed by atoms with Gasteiger partial charge in [-0.25, -0.2) is 0 Å². The summed E-state index contributed by atoms with van der Waals surface area (Å²) in [6, 6.07) is 0.0514. The Morgan fingerprint density at radius 2 is 2.00 bits per heavy atom. The highest BCUT2D eigenvalue weighted by Gasteiger charge is 2.25.